The maximum atomic E-state index is 16.1. The zero-order valence-electron chi connectivity index (χ0n) is 29.7. The van der Waals surface area contributed by atoms with Gasteiger partial charge >= 0.3 is 7.82 Å². The van der Waals surface area contributed by atoms with Gasteiger partial charge in [-0.25, -0.2) is 9.09 Å². The third-order valence-corrected chi connectivity index (χ3v) is 11.6. The molecular formula is C48H37O4P. The van der Waals surface area contributed by atoms with Crippen LogP contribution in [-0.4, -0.2) is 0 Å². The first-order valence-corrected chi connectivity index (χ1v) is 19.3. The van der Waals surface area contributed by atoms with Crippen LogP contribution in [0.3, 0.4) is 0 Å². The van der Waals surface area contributed by atoms with Crippen molar-refractivity contribution in [3.8, 4) is 33.8 Å². The topological polar surface area (TPSA) is 44.8 Å². The lowest BCUT2D eigenvalue weighted by molar-refractivity contribution is 0.107. The highest BCUT2D eigenvalue weighted by Crippen LogP contribution is 2.65. The minimum atomic E-state index is -4.58. The Labute approximate surface area is 309 Å². The largest absolute Gasteiger partial charge is 0.589 e. The molecule has 9 rings (SSSR count). The van der Waals surface area contributed by atoms with Crippen molar-refractivity contribution in [2.45, 2.75) is 26.4 Å². The second kappa shape index (κ2) is 12.9. The number of phosphoric acid groups is 1. The summed E-state index contributed by atoms with van der Waals surface area (Å²) >= 11 is 0. The SMILES string of the molecule is Cc1cc(C)c(-c2cc3ccccc3c3c2OP(=O)(OC(c2ccccc2)(c2ccccc2)c2ccccc2)Oc2ccc4ccccc4c2-3)c(C)c1. The Kier molecular flexibility index (Phi) is 8.04. The van der Waals surface area contributed by atoms with Crippen LogP contribution in [0, 0.1) is 20.8 Å². The van der Waals surface area contributed by atoms with Crippen LogP contribution >= 0.6 is 7.82 Å². The second-order valence-electron chi connectivity index (χ2n) is 13.8. The molecule has 1 atom stereocenters. The first-order valence-electron chi connectivity index (χ1n) is 17.9. The molecule has 0 saturated heterocycles. The maximum Gasteiger partial charge on any atom is 0.589 e. The minimum Gasteiger partial charge on any atom is -0.394 e. The Morgan fingerprint density at radius 3 is 1.55 bits per heavy atom. The van der Waals surface area contributed by atoms with Gasteiger partial charge in [-0.15, -0.1) is 0 Å². The van der Waals surface area contributed by atoms with E-state index in [0.29, 0.717) is 11.5 Å². The number of rotatable bonds is 6. The van der Waals surface area contributed by atoms with Crippen LogP contribution in [0.1, 0.15) is 33.4 Å². The highest BCUT2D eigenvalue weighted by atomic mass is 31.2. The molecule has 0 bridgehead atoms. The number of benzene rings is 8. The van der Waals surface area contributed by atoms with Gasteiger partial charge in [-0.3, -0.25) is 0 Å². The lowest BCUT2D eigenvalue weighted by Gasteiger charge is -2.37. The van der Waals surface area contributed by atoms with E-state index in [1.54, 1.807) is 0 Å². The van der Waals surface area contributed by atoms with Crippen molar-refractivity contribution in [2.24, 2.45) is 0 Å². The molecule has 0 amide bonds. The van der Waals surface area contributed by atoms with Gasteiger partial charge in [0.25, 0.3) is 0 Å². The van der Waals surface area contributed by atoms with Crippen molar-refractivity contribution in [1.29, 1.82) is 0 Å². The number of hydrogen-bond acceptors (Lipinski definition) is 4. The van der Waals surface area contributed by atoms with Gasteiger partial charge in [-0.1, -0.05) is 163 Å². The minimum absolute atomic E-state index is 0.425. The first-order chi connectivity index (χ1) is 25.8. The van der Waals surface area contributed by atoms with Gasteiger partial charge in [0.2, 0.25) is 0 Å². The van der Waals surface area contributed by atoms with Crippen LogP contribution in [0.25, 0.3) is 43.8 Å². The normalized spacial score (nSPS) is 15.2. The zero-order chi connectivity index (χ0) is 36.2. The molecule has 5 heteroatoms. The molecule has 1 aliphatic heterocycles. The predicted octanol–water partition coefficient (Wildman–Crippen LogP) is 13.1. The molecule has 0 aromatic heterocycles. The van der Waals surface area contributed by atoms with E-state index in [-0.39, 0.29) is 0 Å². The summed E-state index contributed by atoms with van der Waals surface area (Å²) in [6.45, 7) is 6.35. The Morgan fingerprint density at radius 2 is 0.981 bits per heavy atom. The van der Waals surface area contributed by atoms with Gasteiger partial charge in [0.1, 0.15) is 11.5 Å². The second-order valence-corrected chi connectivity index (χ2v) is 15.2. The average Bonchev–Trinajstić information content (AvgIpc) is 3.32. The van der Waals surface area contributed by atoms with Gasteiger partial charge in [0.05, 0.1) is 0 Å². The van der Waals surface area contributed by atoms with E-state index in [2.05, 4.69) is 63.2 Å². The molecule has 0 fully saturated rings. The quantitative estimate of drug-likeness (QED) is 0.127. The molecule has 4 nitrogen and oxygen atoms in total. The number of phosphoric ester groups is 1. The molecule has 0 aliphatic carbocycles. The molecule has 8 aromatic rings. The van der Waals surface area contributed by atoms with E-state index in [4.69, 9.17) is 13.6 Å². The Bertz CT molecular complexity index is 2590. The predicted molar refractivity (Wildman–Crippen MR) is 216 cm³/mol. The molecule has 258 valence electrons. The highest BCUT2D eigenvalue weighted by molar-refractivity contribution is 7.49. The summed E-state index contributed by atoms with van der Waals surface area (Å²) in [4.78, 5) is 0. The molecule has 0 N–H and O–H groups in total. The van der Waals surface area contributed by atoms with Gasteiger partial charge in [-0.2, -0.15) is 0 Å². The first kappa shape index (κ1) is 32.9. The van der Waals surface area contributed by atoms with Gasteiger partial charge in [-0.05, 0) is 87.8 Å². The molecule has 1 heterocycles. The van der Waals surface area contributed by atoms with Crippen molar-refractivity contribution in [2.75, 3.05) is 0 Å². The van der Waals surface area contributed by atoms with Crippen LogP contribution in [0.5, 0.6) is 11.5 Å². The van der Waals surface area contributed by atoms with E-state index in [1.165, 1.54) is 5.56 Å². The van der Waals surface area contributed by atoms with Crippen LogP contribution in [0.2, 0.25) is 0 Å². The molecule has 1 aliphatic rings. The van der Waals surface area contributed by atoms with Crippen LogP contribution in [0.15, 0.2) is 170 Å². The van der Waals surface area contributed by atoms with Crippen LogP contribution in [-0.2, 0) is 14.7 Å². The molecule has 0 spiro atoms. The van der Waals surface area contributed by atoms with E-state index >= 15 is 4.57 Å². The van der Waals surface area contributed by atoms with Gasteiger partial charge in [0, 0.05) is 16.7 Å². The summed E-state index contributed by atoms with van der Waals surface area (Å²) in [5.74, 6) is 0.883. The average molecular weight is 709 g/mol. The van der Waals surface area contributed by atoms with Gasteiger partial charge in [0.15, 0.2) is 5.60 Å². The fraction of sp³-hybridized carbons (Fsp3) is 0.0833. The summed E-state index contributed by atoms with van der Waals surface area (Å²) in [6, 6.07) is 56.6. The standard InChI is InChI=1S/C48H37O4P/c1-32-29-33(2)44(34(3)30-32)42-31-36-18-14-16-26-41(36)46-45-40-25-15-13-17-35(40)27-28-43(45)50-53(49,51-47(42)46)52-48(37-19-7-4-8-20-37,38-21-9-5-10-22-38)39-23-11-6-12-24-39/h4-31H,1-3H3. The Morgan fingerprint density at radius 1 is 0.491 bits per heavy atom. The number of aryl methyl sites for hydroxylation is 3. The fourth-order valence-corrected chi connectivity index (χ4v) is 9.75. The molecule has 53 heavy (non-hydrogen) atoms. The molecular weight excluding hydrogens is 671 g/mol. The summed E-state index contributed by atoms with van der Waals surface area (Å²) in [7, 11) is -4.58. The number of fused-ring (bicyclic) bond motifs is 7. The summed E-state index contributed by atoms with van der Waals surface area (Å²) in [5.41, 5.74) is 7.80. The smallest absolute Gasteiger partial charge is 0.394 e. The molecule has 0 saturated carbocycles. The van der Waals surface area contributed by atoms with E-state index in [9.17, 15) is 0 Å². The van der Waals surface area contributed by atoms with Gasteiger partial charge < -0.3 is 9.05 Å². The highest BCUT2D eigenvalue weighted by Gasteiger charge is 2.50. The van der Waals surface area contributed by atoms with E-state index in [0.717, 1.165) is 71.6 Å². The number of hydrogen-bond donors (Lipinski definition) is 0. The van der Waals surface area contributed by atoms with Crippen molar-refractivity contribution in [3.05, 3.63) is 203 Å². The lowest BCUT2D eigenvalue weighted by atomic mass is 9.80. The zero-order valence-corrected chi connectivity index (χ0v) is 30.6. The van der Waals surface area contributed by atoms with Crippen molar-refractivity contribution >= 4 is 29.4 Å². The summed E-state index contributed by atoms with van der Waals surface area (Å²) in [5, 5.41) is 3.99. The molecule has 0 radical (unpaired) electrons. The summed E-state index contributed by atoms with van der Waals surface area (Å²) < 4.78 is 37.2. The third-order valence-electron chi connectivity index (χ3n) is 10.3. The lowest BCUT2D eigenvalue weighted by Crippen LogP contribution is -2.33. The van der Waals surface area contributed by atoms with E-state index in [1.807, 2.05) is 127 Å². The third kappa shape index (κ3) is 5.54. The van der Waals surface area contributed by atoms with Crippen LogP contribution in [0.4, 0.5) is 0 Å². The summed E-state index contributed by atoms with van der Waals surface area (Å²) in [6.07, 6.45) is 0. The Balaban J connectivity index is 1.40. The molecule has 1 unspecified atom stereocenters. The maximum absolute atomic E-state index is 16.1. The molecule has 8 aromatic carbocycles. The van der Waals surface area contributed by atoms with Crippen LogP contribution < -0.4 is 9.05 Å². The van der Waals surface area contributed by atoms with Crippen molar-refractivity contribution < 1.29 is 18.1 Å². The van der Waals surface area contributed by atoms with Crippen molar-refractivity contribution in [1.82, 2.24) is 0 Å². The van der Waals surface area contributed by atoms with Crippen molar-refractivity contribution in [3.63, 3.8) is 0 Å². The fourth-order valence-electron chi connectivity index (χ4n) is 8.18. The Hall–Kier alpha value is -5.93. The monoisotopic (exact) mass is 708 g/mol. The van der Waals surface area contributed by atoms with E-state index < -0.39 is 13.4 Å².